The van der Waals surface area contributed by atoms with Crippen LogP contribution in [0.25, 0.3) is 0 Å². The van der Waals surface area contributed by atoms with Gasteiger partial charge in [0, 0.05) is 0 Å². The fraction of sp³-hybridized carbons (Fsp3) is 0.600. The molecule has 39 valence electrons. The summed E-state index contributed by atoms with van der Waals surface area (Å²) in [5.41, 5.74) is -0.290. The fourth-order valence-electron chi connectivity index (χ4n) is 0.124. The number of thiocarbonyl (C=S) groups is 1. The second-order valence-electron chi connectivity index (χ2n) is 2.02. The summed E-state index contributed by atoms with van der Waals surface area (Å²) in [6.07, 6.45) is 0. The molecule has 0 aromatic carbocycles. The van der Waals surface area contributed by atoms with Gasteiger partial charge in [0.25, 0.3) is 0 Å². The molecule has 0 amide bonds. The van der Waals surface area contributed by atoms with Crippen molar-refractivity contribution < 1.29 is 0 Å². The molecule has 0 rings (SSSR count). The molecule has 7 heavy (non-hydrogen) atoms. The van der Waals surface area contributed by atoms with Crippen molar-refractivity contribution in [3.05, 3.63) is 6.92 Å². The fourth-order valence-corrected chi connectivity index (χ4v) is 0.371. The highest BCUT2D eigenvalue weighted by atomic mass is 32.1. The van der Waals surface area contributed by atoms with E-state index in [1.165, 1.54) is 0 Å². The third-order valence-electron chi connectivity index (χ3n) is 0.348. The highest BCUT2D eigenvalue weighted by molar-refractivity contribution is 7.78. The number of rotatable bonds is 1. The Balaban J connectivity index is 3.80. The lowest BCUT2D eigenvalue weighted by atomic mass is 10.1. The van der Waals surface area contributed by atoms with E-state index in [4.69, 9.17) is 0 Å². The Labute approximate surface area is 49.5 Å². The van der Waals surface area contributed by atoms with Crippen molar-refractivity contribution in [3.8, 4) is 0 Å². The van der Waals surface area contributed by atoms with Crippen LogP contribution in [0.1, 0.15) is 13.8 Å². The largest absolute Gasteiger partial charge is 0.226 e. The van der Waals surface area contributed by atoms with Gasteiger partial charge in [-0.25, -0.2) is 4.99 Å². The van der Waals surface area contributed by atoms with Crippen molar-refractivity contribution in [1.29, 1.82) is 0 Å². The minimum absolute atomic E-state index is 0.290. The lowest BCUT2D eigenvalue weighted by Gasteiger charge is -2.06. The number of isothiocyanates is 1. The minimum Gasteiger partial charge on any atom is -0.226 e. The average Bonchev–Trinajstić information content (AvgIpc) is 1.30. The standard InChI is InChI=1S/C5H8NS/c1-5(2,3)6-4-7/h1H2,2-3H3. The van der Waals surface area contributed by atoms with E-state index in [-0.39, 0.29) is 5.54 Å². The summed E-state index contributed by atoms with van der Waals surface area (Å²) in [6.45, 7) is 7.40. The summed E-state index contributed by atoms with van der Waals surface area (Å²) >= 11 is 4.34. The van der Waals surface area contributed by atoms with E-state index in [0.717, 1.165) is 0 Å². The molecule has 0 atom stereocenters. The van der Waals surface area contributed by atoms with Crippen LogP contribution in [0.5, 0.6) is 0 Å². The predicted molar refractivity (Wildman–Crippen MR) is 34.5 cm³/mol. The maximum Gasteiger partial charge on any atom is 0.0655 e. The highest BCUT2D eigenvalue weighted by Crippen LogP contribution is 2.02. The molecule has 2 heteroatoms. The SMILES string of the molecule is [CH2]C(C)(C)N=C=S. The zero-order valence-electron chi connectivity index (χ0n) is 4.56. The molecule has 0 aliphatic carbocycles. The van der Waals surface area contributed by atoms with Gasteiger partial charge < -0.3 is 0 Å². The molecule has 0 saturated carbocycles. The maximum atomic E-state index is 4.34. The highest BCUT2D eigenvalue weighted by Gasteiger charge is 2.03. The smallest absolute Gasteiger partial charge is 0.0655 e. The first kappa shape index (κ1) is 6.80. The molecule has 0 unspecified atom stereocenters. The molecule has 0 aromatic rings. The molecule has 0 spiro atoms. The molecule has 0 aliphatic rings. The molecule has 0 saturated heterocycles. The van der Waals surface area contributed by atoms with E-state index in [9.17, 15) is 0 Å². The Kier molecular flexibility index (Phi) is 2.13. The summed E-state index contributed by atoms with van der Waals surface area (Å²) in [5.74, 6) is 0. The van der Waals surface area contributed by atoms with Gasteiger partial charge in [-0.2, -0.15) is 0 Å². The van der Waals surface area contributed by atoms with Crippen LogP contribution in [0.2, 0.25) is 0 Å². The second kappa shape index (κ2) is 2.20. The summed E-state index contributed by atoms with van der Waals surface area (Å²) in [4.78, 5) is 3.71. The molecule has 0 heterocycles. The van der Waals surface area contributed by atoms with Crippen LogP contribution in [0.15, 0.2) is 4.99 Å². The van der Waals surface area contributed by atoms with Gasteiger partial charge in [-0.3, -0.25) is 0 Å². The maximum absolute atomic E-state index is 4.34. The molecule has 0 N–H and O–H groups in total. The van der Waals surface area contributed by atoms with E-state index >= 15 is 0 Å². The molecule has 0 bridgehead atoms. The predicted octanol–water partition coefficient (Wildman–Crippen LogP) is 1.70. The van der Waals surface area contributed by atoms with Gasteiger partial charge in [0.2, 0.25) is 0 Å². The van der Waals surface area contributed by atoms with Gasteiger partial charge in [-0.15, -0.1) is 0 Å². The Bertz CT molecular complexity index is 95.1. The second-order valence-corrected chi connectivity index (χ2v) is 2.20. The van der Waals surface area contributed by atoms with Gasteiger partial charge in [0.05, 0.1) is 10.7 Å². The van der Waals surface area contributed by atoms with E-state index in [0.29, 0.717) is 0 Å². The normalized spacial score (nSPS) is 10.1. The van der Waals surface area contributed by atoms with Crippen LogP contribution in [-0.2, 0) is 0 Å². The first-order valence-electron chi connectivity index (χ1n) is 2.00. The van der Waals surface area contributed by atoms with Gasteiger partial charge in [0.1, 0.15) is 0 Å². The summed E-state index contributed by atoms with van der Waals surface area (Å²) in [6, 6.07) is 0. The average molecular weight is 114 g/mol. The van der Waals surface area contributed by atoms with Crippen LogP contribution in [0, 0.1) is 6.92 Å². The number of nitrogens with zero attached hydrogens (tertiary/aromatic N) is 1. The van der Waals surface area contributed by atoms with Crippen molar-refractivity contribution >= 4 is 17.4 Å². The van der Waals surface area contributed by atoms with Gasteiger partial charge in [-0.05, 0) is 33.0 Å². The Morgan fingerprint density at radius 2 is 2.14 bits per heavy atom. The zero-order chi connectivity index (χ0) is 5.91. The van der Waals surface area contributed by atoms with Crippen LogP contribution in [-0.4, -0.2) is 10.7 Å². The van der Waals surface area contributed by atoms with Crippen LogP contribution in [0.3, 0.4) is 0 Å². The minimum atomic E-state index is -0.290. The van der Waals surface area contributed by atoms with Crippen LogP contribution in [0.4, 0.5) is 0 Å². The Morgan fingerprint density at radius 1 is 1.71 bits per heavy atom. The van der Waals surface area contributed by atoms with E-state index in [1.807, 2.05) is 13.8 Å². The quantitative estimate of drug-likeness (QED) is 0.373. The molecular formula is C5H8NS. The molecule has 1 nitrogen and oxygen atoms in total. The topological polar surface area (TPSA) is 12.4 Å². The van der Waals surface area contributed by atoms with E-state index < -0.39 is 0 Å². The monoisotopic (exact) mass is 114 g/mol. The Morgan fingerprint density at radius 3 is 2.14 bits per heavy atom. The molecule has 0 aromatic heterocycles. The lowest BCUT2D eigenvalue weighted by Crippen LogP contribution is -2.08. The third kappa shape index (κ3) is 5.80. The first-order valence-corrected chi connectivity index (χ1v) is 2.41. The molecule has 0 aliphatic heterocycles. The Hall–Kier alpha value is -0.200. The number of hydrogen-bond donors (Lipinski definition) is 0. The van der Waals surface area contributed by atoms with E-state index in [2.05, 4.69) is 29.3 Å². The molecular weight excluding hydrogens is 106 g/mol. The third-order valence-corrected chi connectivity index (χ3v) is 0.440. The summed E-state index contributed by atoms with van der Waals surface area (Å²) in [5, 5.41) is 2.25. The number of hydrogen-bond acceptors (Lipinski definition) is 2. The van der Waals surface area contributed by atoms with Crippen LogP contribution < -0.4 is 0 Å². The van der Waals surface area contributed by atoms with Gasteiger partial charge >= 0.3 is 0 Å². The molecule has 0 fully saturated rings. The van der Waals surface area contributed by atoms with E-state index in [1.54, 1.807) is 0 Å². The van der Waals surface area contributed by atoms with Gasteiger partial charge in [-0.1, -0.05) is 0 Å². The summed E-state index contributed by atoms with van der Waals surface area (Å²) < 4.78 is 0. The van der Waals surface area contributed by atoms with Crippen molar-refractivity contribution in [2.24, 2.45) is 4.99 Å². The number of aliphatic imine (C=N–C) groups is 1. The molecule has 1 radical (unpaired) electrons. The van der Waals surface area contributed by atoms with Crippen molar-refractivity contribution in [1.82, 2.24) is 0 Å². The van der Waals surface area contributed by atoms with Crippen molar-refractivity contribution in [2.75, 3.05) is 0 Å². The lowest BCUT2D eigenvalue weighted by molar-refractivity contribution is 0.658. The van der Waals surface area contributed by atoms with Gasteiger partial charge in [0.15, 0.2) is 0 Å². The summed E-state index contributed by atoms with van der Waals surface area (Å²) in [7, 11) is 0. The first-order chi connectivity index (χ1) is 3.06. The van der Waals surface area contributed by atoms with Crippen LogP contribution >= 0.6 is 12.2 Å². The van der Waals surface area contributed by atoms with Crippen molar-refractivity contribution in [2.45, 2.75) is 19.4 Å². The zero-order valence-corrected chi connectivity index (χ0v) is 5.38. The van der Waals surface area contributed by atoms with Crippen molar-refractivity contribution in [3.63, 3.8) is 0 Å².